The molecule has 0 bridgehead atoms. The molecule has 0 aliphatic carbocycles. The predicted octanol–water partition coefficient (Wildman–Crippen LogP) is 5.85. The van der Waals surface area contributed by atoms with E-state index in [0.717, 1.165) is 15.4 Å². The van der Waals surface area contributed by atoms with E-state index >= 15 is 0 Å². The van der Waals surface area contributed by atoms with Crippen molar-refractivity contribution in [3.05, 3.63) is 93.7 Å². The summed E-state index contributed by atoms with van der Waals surface area (Å²) in [5.74, 6) is 0.262. The average Bonchev–Trinajstić information content (AvgIpc) is 3.22. The van der Waals surface area contributed by atoms with E-state index in [1.165, 1.54) is 6.07 Å². The van der Waals surface area contributed by atoms with Crippen molar-refractivity contribution < 1.29 is 22.4 Å². The highest BCUT2D eigenvalue weighted by molar-refractivity contribution is 9.10. The first-order chi connectivity index (χ1) is 18.8. The van der Waals surface area contributed by atoms with Gasteiger partial charge in [-0.15, -0.1) is 0 Å². The highest BCUT2D eigenvalue weighted by atomic mass is 79.9. The molecular formula is C29H24BrN3O5S. The SMILES string of the molecule is CCOC(=O)CN1CC=Cc2cccc(S(=O)(=O)Nc3ccc4c(Br)c(Cc5ccc(C#N)cc5)oc4c3)c21. The molecule has 0 radical (unpaired) electrons. The molecule has 1 N–H and O–H groups in total. The quantitative estimate of drug-likeness (QED) is 0.250. The number of carbonyl (C=O) groups is 1. The van der Waals surface area contributed by atoms with Crippen LogP contribution < -0.4 is 9.62 Å². The number of hydrogen-bond acceptors (Lipinski definition) is 7. The Labute approximate surface area is 234 Å². The van der Waals surface area contributed by atoms with Crippen LogP contribution in [0.15, 0.2) is 80.5 Å². The molecule has 10 heteroatoms. The molecule has 0 atom stereocenters. The lowest BCUT2D eigenvalue weighted by Gasteiger charge is -2.29. The number of rotatable bonds is 8. The minimum Gasteiger partial charge on any atom is -0.465 e. The summed E-state index contributed by atoms with van der Waals surface area (Å²) in [6, 6.07) is 19.5. The maximum atomic E-state index is 13.6. The van der Waals surface area contributed by atoms with Crippen molar-refractivity contribution in [2.45, 2.75) is 18.2 Å². The third-order valence-corrected chi connectivity index (χ3v) is 8.56. The molecule has 0 spiro atoms. The van der Waals surface area contributed by atoms with Gasteiger partial charge in [-0.1, -0.05) is 36.4 Å². The number of nitrogens with one attached hydrogen (secondary N) is 1. The predicted molar refractivity (Wildman–Crippen MR) is 153 cm³/mol. The fraction of sp³-hybridized carbons (Fsp3) is 0.172. The van der Waals surface area contributed by atoms with Crippen molar-refractivity contribution in [3.8, 4) is 6.07 Å². The molecule has 198 valence electrons. The zero-order valence-electron chi connectivity index (χ0n) is 21.0. The molecule has 0 fully saturated rings. The lowest BCUT2D eigenvalue weighted by molar-refractivity contribution is -0.141. The summed E-state index contributed by atoms with van der Waals surface area (Å²) in [5, 5.41) is 9.82. The van der Waals surface area contributed by atoms with Gasteiger partial charge in [-0.25, -0.2) is 8.42 Å². The molecule has 39 heavy (non-hydrogen) atoms. The van der Waals surface area contributed by atoms with Gasteiger partial charge in [0.25, 0.3) is 10.0 Å². The van der Waals surface area contributed by atoms with E-state index in [2.05, 4.69) is 26.7 Å². The van der Waals surface area contributed by atoms with Gasteiger partial charge in [-0.2, -0.15) is 5.26 Å². The van der Waals surface area contributed by atoms with Gasteiger partial charge >= 0.3 is 5.97 Å². The normalized spacial score (nSPS) is 12.7. The summed E-state index contributed by atoms with van der Waals surface area (Å²) < 4.78 is 41.8. The summed E-state index contributed by atoms with van der Waals surface area (Å²) in [7, 11) is -4.02. The maximum Gasteiger partial charge on any atom is 0.325 e. The van der Waals surface area contributed by atoms with Crippen molar-refractivity contribution in [2.24, 2.45) is 0 Å². The molecule has 0 saturated carbocycles. The number of carbonyl (C=O) groups excluding carboxylic acids is 1. The van der Waals surface area contributed by atoms with Crippen LogP contribution in [0.5, 0.6) is 0 Å². The molecule has 8 nitrogen and oxygen atoms in total. The molecule has 0 amide bonds. The molecular weight excluding hydrogens is 582 g/mol. The Bertz CT molecular complexity index is 1740. The summed E-state index contributed by atoms with van der Waals surface area (Å²) in [6.45, 7) is 2.29. The van der Waals surface area contributed by atoms with Crippen molar-refractivity contribution in [2.75, 3.05) is 29.3 Å². The van der Waals surface area contributed by atoms with Gasteiger partial charge in [0.2, 0.25) is 0 Å². The number of nitrogens with zero attached hydrogens (tertiary/aromatic N) is 2. The number of fused-ring (bicyclic) bond motifs is 2. The monoisotopic (exact) mass is 605 g/mol. The first kappa shape index (κ1) is 26.5. The second-order valence-electron chi connectivity index (χ2n) is 8.92. The van der Waals surface area contributed by atoms with E-state index in [9.17, 15) is 13.2 Å². The lowest BCUT2D eigenvalue weighted by Crippen LogP contribution is -2.34. The third kappa shape index (κ3) is 5.55. The van der Waals surface area contributed by atoms with Crippen LogP contribution in [0.1, 0.15) is 29.4 Å². The number of anilines is 2. The van der Waals surface area contributed by atoms with Gasteiger partial charge < -0.3 is 14.1 Å². The minimum absolute atomic E-state index is 0.0634. The van der Waals surface area contributed by atoms with E-state index in [-0.39, 0.29) is 18.0 Å². The highest BCUT2D eigenvalue weighted by Crippen LogP contribution is 2.36. The smallest absolute Gasteiger partial charge is 0.325 e. The number of furan rings is 1. The topological polar surface area (TPSA) is 113 Å². The zero-order valence-corrected chi connectivity index (χ0v) is 23.4. The zero-order chi connectivity index (χ0) is 27.6. The van der Waals surface area contributed by atoms with E-state index in [4.69, 9.17) is 14.4 Å². The Morgan fingerprint density at radius 3 is 2.72 bits per heavy atom. The van der Waals surface area contributed by atoms with Crippen molar-refractivity contribution in [1.29, 1.82) is 5.26 Å². The largest absolute Gasteiger partial charge is 0.465 e. The minimum atomic E-state index is -4.02. The highest BCUT2D eigenvalue weighted by Gasteiger charge is 2.27. The van der Waals surface area contributed by atoms with Gasteiger partial charge in [-0.3, -0.25) is 9.52 Å². The number of para-hydroxylation sites is 1. The summed E-state index contributed by atoms with van der Waals surface area (Å²) in [6.07, 6.45) is 4.23. The number of esters is 1. The Kier molecular flexibility index (Phi) is 7.46. The van der Waals surface area contributed by atoms with E-state index < -0.39 is 16.0 Å². The van der Waals surface area contributed by atoms with Crippen LogP contribution in [0.3, 0.4) is 0 Å². The molecule has 1 aromatic heterocycles. The van der Waals surface area contributed by atoms with Gasteiger partial charge in [-0.05, 0) is 64.3 Å². The fourth-order valence-corrected chi connectivity index (χ4v) is 6.37. The summed E-state index contributed by atoms with van der Waals surface area (Å²) in [5.41, 5.74) is 3.57. The number of halogens is 1. The Hall–Kier alpha value is -4.07. The first-order valence-corrected chi connectivity index (χ1v) is 14.5. The summed E-state index contributed by atoms with van der Waals surface area (Å²) in [4.78, 5) is 14.0. The van der Waals surface area contributed by atoms with Gasteiger partial charge in [0.15, 0.2) is 0 Å². The van der Waals surface area contributed by atoms with E-state index in [1.807, 2.05) is 30.4 Å². The van der Waals surface area contributed by atoms with Gasteiger partial charge in [0, 0.05) is 24.4 Å². The van der Waals surface area contributed by atoms with Crippen LogP contribution in [-0.4, -0.2) is 34.1 Å². The average molecular weight is 606 g/mol. The van der Waals surface area contributed by atoms with Crippen LogP contribution in [0, 0.1) is 11.3 Å². The lowest BCUT2D eigenvalue weighted by atomic mass is 10.1. The molecule has 5 rings (SSSR count). The first-order valence-electron chi connectivity index (χ1n) is 12.2. The van der Waals surface area contributed by atoms with E-state index in [0.29, 0.717) is 46.8 Å². The van der Waals surface area contributed by atoms with Crippen LogP contribution in [0.25, 0.3) is 17.0 Å². The Balaban J connectivity index is 1.43. The van der Waals surface area contributed by atoms with Crippen molar-refractivity contribution in [3.63, 3.8) is 0 Å². The Morgan fingerprint density at radius 2 is 1.97 bits per heavy atom. The second-order valence-corrected chi connectivity index (χ2v) is 11.4. The van der Waals surface area contributed by atoms with Crippen molar-refractivity contribution >= 4 is 60.3 Å². The van der Waals surface area contributed by atoms with E-state index in [1.54, 1.807) is 48.2 Å². The number of benzene rings is 3. The number of hydrogen-bond donors (Lipinski definition) is 1. The molecule has 4 aromatic rings. The van der Waals surface area contributed by atoms with Crippen LogP contribution >= 0.6 is 15.9 Å². The van der Waals surface area contributed by atoms with Crippen LogP contribution in [0.2, 0.25) is 0 Å². The number of sulfonamides is 1. The molecule has 3 aromatic carbocycles. The second kappa shape index (κ2) is 11.0. The molecule has 1 aliphatic rings. The number of nitriles is 1. The third-order valence-electron chi connectivity index (χ3n) is 6.28. The van der Waals surface area contributed by atoms with Crippen molar-refractivity contribution in [1.82, 2.24) is 0 Å². The summed E-state index contributed by atoms with van der Waals surface area (Å²) >= 11 is 3.60. The molecule has 0 unspecified atom stereocenters. The Morgan fingerprint density at radius 1 is 1.18 bits per heavy atom. The van der Waals surface area contributed by atoms with Crippen LogP contribution in [-0.2, 0) is 26.0 Å². The molecule has 1 aliphatic heterocycles. The maximum absolute atomic E-state index is 13.6. The standard InChI is InChI=1S/C29H24BrN3O5S/c1-2-37-27(34)18-33-14-4-6-21-5-3-7-26(29(21)33)39(35,36)32-22-12-13-23-24(16-22)38-25(28(23)30)15-19-8-10-20(17-31)11-9-19/h3-13,16,32H,2,14-15,18H2,1H3. The molecule has 2 heterocycles. The fourth-order valence-electron chi connectivity index (χ4n) is 4.52. The van der Waals surface area contributed by atoms with Crippen LogP contribution in [0.4, 0.5) is 11.4 Å². The number of ether oxygens (including phenoxy) is 1. The molecule has 0 saturated heterocycles. The van der Waals surface area contributed by atoms with Gasteiger partial charge in [0.1, 0.15) is 22.8 Å². The van der Waals surface area contributed by atoms with Gasteiger partial charge in [0.05, 0.1) is 34.1 Å².